The Bertz CT molecular complexity index is 908. The number of thiazole rings is 1. The molecule has 0 unspecified atom stereocenters. The number of carbonyl (C=O) groups excluding carboxylic acids is 1. The molecular weight excluding hydrogens is 351 g/mol. The van der Waals surface area contributed by atoms with Crippen molar-refractivity contribution in [3.63, 3.8) is 0 Å². The zero-order valence-electron chi connectivity index (χ0n) is 14.5. The standard InChI is InChI=1S/C20H19FN2O2S/c1-13(2)16-8-3-4-9-18(16)25-11-19-23-17(12-26-19)20(24)22-15-7-5-6-14(21)10-15/h3-10,12-13H,11H2,1-2H3,(H,22,24). The summed E-state index contributed by atoms with van der Waals surface area (Å²) in [5.41, 5.74) is 1.81. The summed E-state index contributed by atoms with van der Waals surface area (Å²) in [5, 5.41) is 5.00. The average molecular weight is 370 g/mol. The van der Waals surface area contributed by atoms with E-state index in [-0.39, 0.29) is 11.6 Å². The zero-order valence-corrected chi connectivity index (χ0v) is 15.3. The van der Waals surface area contributed by atoms with E-state index >= 15 is 0 Å². The molecular formula is C20H19FN2O2S. The smallest absolute Gasteiger partial charge is 0.275 e. The number of carbonyl (C=O) groups is 1. The lowest BCUT2D eigenvalue weighted by molar-refractivity contribution is 0.102. The fourth-order valence-electron chi connectivity index (χ4n) is 2.47. The first-order valence-corrected chi connectivity index (χ1v) is 9.14. The van der Waals surface area contributed by atoms with Gasteiger partial charge in [-0.25, -0.2) is 9.37 Å². The molecule has 0 saturated carbocycles. The first-order valence-electron chi connectivity index (χ1n) is 8.26. The zero-order chi connectivity index (χ0) is 18.5. The lowest BCUT2D eigenvalue weighted by Crippen LogP contribution is -2.12. The summed E-state index contributed by atoms with van der Waals surface area (Å²) in [7, 11) is 0. The van der Waals surface area contributed by atoms with Crippen LogP contribution in [-0.2, 0) is 6.61 Å². The van der Waals surface area contributed by atoms with E-state index in [1.165, 1.54) is 29.5 Å². The van der Waals surface area contributed by atoms with Crippen molar-refractivity contribution in [1.82, 2.24) is 4.98 Å². The third-order valence-electron chi connectivity index (χ3n) is 3.76. The Kier molecular flexibility index (Phi) is 5.63. The van der Waals surface area contributed by atoms with Gasteiger partial charge in [-0.05, 0) is 35.7 Å². The lowest BCUT2D eigenvalue weighted by atomic mass is 10.0. The summed E-state index contributed by atoms with van der Waals surface area (Å²) in [4.78, 5) is 16.5. The molecule has 0 atom stereocenters. The Balaban J connectivity index is 1.64. The molecule has 4 nitrogen and oxygen atoms in total. The fourth-order valence-corrected chi connectivity index (χ4v) is 3.16. The van der Waals surface area contributed by atoms with Gasteiger partial charge in [0.25, 0.3) is 5.91 Å². The predicted octanol–water partition coefficient (Wildman–Crippen LogP) is 5.24. The second-order valence-electron chi connectivity index (χ2n) is 6.07. The van der Waals surface area contributed by atoms with Crippen LogP contribution in [0.2, 0.25) is 0 Å². The van der Waals surface area contributed by atoms with Gasteiger partial charge in [-0.3, -0.25) is 4.79 Å². The highest BCUT2D eigenvalue weighted by Crippen LogP contribution is 2.27. The molecule has 134 valence electrons. The van der Waals surface area contributed by atoms with Crippen LogP contribution in [0.25, 0.3) is 0 Å². The molecule has 0 saturated heterocycles. The summed E-state index contributed by atoms with van der Waals surface area (Å²) < 4.78 is 19.1. The van der Waals surface area contributed by atoms with Gasteiger partial charge in [0, 0.05) is 11.1 Å². The molecule has 3 rings (SSSR count). The Morgan fingerprint density at radius 2 is 2.04 bits per heavy atom. The van der Waals surface area contributed by atoms with Crippen LogP contribution in [0.15, 0.2) is 53.9 Å². The molecule has 0 bridgehead atoms. The van der Waals surface area contributed by atoms with E-state index in [0.29, 0.717) is 23.2 Å². The Hall–Kier alpha value is -2.73. The van der Waals surface area contributed by atoms with Crippen molar-refractivity contribution in [2.45, 2.75) is 26.4 Å². The molecule has 0 aliphatic carbocycles. The number of halogens is 1. The van der Waals surface area contributed by atoms with E-state index in [1.807, 2.05) is 24.3 Å². The van der Waals surface area contributed by atoms with Crippen LogP contribution in [0, 0.1) is 5.82 Å². The molecule has 2 aromatic carbocycles. The Labute approximate surface area is 155 Å². The molecule has 0 aliphatic rings. The van der Waals surface area contributed by atoms with E-state index in [4.69, 9.17) is 4.74 Å². The fraction of sp³-hybridized carbons (Fsp3) is 0.200. The van der Waals surface area contributed by atoms with Crippen LogP contribution < -0.4 is 10.1 Å². The molecule has 26 heavy (non-hydrogen) atoms. The number of para-hydroxylation sites is 1. The van der Waals surface area contributed by atoms with Gasteiger partial charge in [0.2, 0.25) is 0 Å². The summed E-state index contributed by atoms with van der Waals surface area (Å²) in [6, 6.07) is 13.6. The number of nitrogens with zero attached hydrogens (tertiary/aromatic N) is 1. The van der Waals surface area contributed by atoms with E-state index in [1.54, 1.807) is 11.4 Å². The quantitative estimate of drug-likeness (QED) is 0.646. The van der Waals surface area contributed by atoms with E-state index in [9.17, 15) is 9.18 Å². The van der Waals surface area contributed by atoms with Gasteiger partial charge in [-0.1, -0.05) is 38.1 Å². The summed E-state index contributed by atoms with van der Waals surface area (Å²) >= 11 is 1.35. The maximum Gasteiger partial charge on any atom is 0.275 e. The number of nitrogens with one attached hydrogen (secondary N) is 1. The molecule has 0 aliphatic heterocycles. The topological polar surface area (TPSA) is 51.2 Å². The maximum atomic E-state index is 13.2. The molecule has 1 aromatic heterocycles. The molecule has 1 N–H and O–H groups in total. The van der Waals surface area contributed by atoms with Crippen LogP contribution >= 0.6 is 11.3 Å². The van der Waals surface area contributed by atoms with Gasteiger partial charge >= 0.3 is 0 Å². The highest BCUT2D eigenvalue weighted by molar-refractivity contribution is 7.09. The first kappa shape index (κ1) is 18.1. The third-order valence-corrected chi connectivity index (χ3v) is 4.58. The first-order chi connectivity index (χ1) is 12.5. The van der Waals surface area contributed by atoms with Crippen LogP contribution in [0.5, 0.6) is 5.75 Å². The average Bonchev–Trinajstić information content (AvgIpc) is 3.09. The number of rotatable bonds is 6. The second-order valence-corrected chi connectivity index (χ2v) is 7.01. The van der Waals surface area contributed by atoms with Crippen LogP contribution in [0.1, 0.15) is 40.8 Å². The normalized spacial score (nSPS) is 10.8. The van der Waals surface area contributed by atoms with E-state index in [2.05, 4.69) is 24.1 Å². The van der Waals surface area contributed by atoms with Crippen molar-refractivity contribution < 1.29 is 13.9 Å². The van der Waals surface area contributed by atoms with E-state index in [0.717, 1.165) is 11.3 Å². The summed E-state index contributed by atoms with van der Waals surface area (Å²) in [6.07, 6.45) is 0. The SMILES string of the molecule is CC(C)c1ccccc1OCc1nc(C(=O)Nc2cccc(F)c2)cs1. The van der Waals surface area contributed by atoms with Gasteiger partial charge in [-0.2, -0.15) is 0 Å². The van der Waals surface area contributed by atoms with Crippen LogP contribution in [-0.4, -0.2) is 10.9 Å². The minimum atomic E-state index is -0.404. The molecule has 3 aromatic rings. The van der Waals surface area contributed by atoms with Gasteiger partial charge < -0.3 is 10.1 Å². The van der Waals surface area contributed by atoms with Gasteiger partial charge in [0.15, 0.2) is 0 Å². The summed E-state index contributed by atoms with van der Waals surface area (Å²) in [5.74, 6) is 0.401. The van der Waals surface area contributed by atoms with Gasteiger partial charge in [0.1, 0.15) is 28.9 Å². The minimum absolute atomic E-state index is 0.287. The number of anilines is 1. The highest BCUT2D eigenvalue weighted by Gasteiger charge is 2.13. The molecule has 6 heteroatoms. The van der Waals surface area contributed by atoms with Gasteiger partial charge in [0.05, 0.1) is 0 Å². The number of hydrogen-bond donors (Lipinski definition) is 1. The van der Waals surface area contributed by atoms with Crippen molar-refractivity contribution >= 4 is 22.9 Å². The monoisotopic (exact) mass is 370 g/mol. The Morgan fingerprint density at radius 1 is 1.23 bits per heavy atom. The number of amides is 1. The van der Waals surface area contributed by atoms with Crippen LogP contribution in [0.3, 0.4) is 0 Å². The van der Waals surface area contributed by atoms with Crippen molar-refractivity contribution in [2.75, 3.05) is 5.32 Å². The van der Waals surface area contributed by atoms with E-state index < -0.39 is 5.82 Å². The maximum absolute atomic E-state index is 13.2. The number of benzene rings is 2. The highest BCUT2D eigenvalue weighted by atomic mass is 32.1. The summed E-state index contributed by atoms with van der Waals surface area (Å²) in [6.45, 7) is 4.52. The molecule has 1 heterocycles. The van der Waals surface area contributed by atoms with Crippen molar-refractivity contribution in [3.8, 4) is 5.75 Å². The van der Waals surface area contributed by atoms with Crippen molar-refractivity contribution in [3.05, 3.63) is 76.0 Å². The van der Waals surface area contributed by atoms with Crippen LogP contribution in [0.4, 0.5) is 10.1 Å². The molecule has 1 amide bonds. The van der Waals surface area contributed by atoms with Crippen molar-refractivity contribution in [1.29, 1.82) is 0 Å². The molecule has 0 fully saturated rings. The predicted molar refractivity (Wildman–Crippen MR) is 101 cm³/mol. The minimum Gasteiger partial charge on any atom is -0.486 e. The van der Waals surface area contributed by atoms with Gasteiger partial charge in [-0.15, -0.1) is 11.3 Å². The Morgan fingerprint density at radius 3 is 2.81 bits per heavy atom. The molecule has 0 spiro atoms. The molecule has 0 radical (unpaired) electrons. The third kappa shape index (κ3) is 4.46. The number of aromatic nitrogens is 1. The largest absolute Gasteiger partial charge is 0.486 e. The van der Waals surface area contributed by atoms with Crippen molar-refractivity contribution in [2.24, 2.45) is 0 Å². The second kappa shape index (κ2) is 8.10. The number of ether oxygens (including phenoxy) is 1. The lowest BCUT2D eigenvalue weighted by Gasteiger charge is -2.12. The number of hydrogen-bond acceptors (Lipinski definition) is 4.